The summed E-state index contributed by atoms with van der Waals surface area (Å²) in [5, 5.41) is 14.5. The minimum Gasteiger partial charge on any atom is -0.381 e. The minimum atomic E-state index is -0.862. The van der Waals surface area contributed by atoms with E-state index < -0.39 is 17.5 Å². The number of hydrogen-bond acceptors (Lipinski definition) is 6. The number of aromatic amines is 1. The van der Waals surface area contributed by atoms with Gasteiger partial charge in [0.1, 0.15) is 17.6 Å². The van der Waals surface area contributed by atoms with Crippen molar-refractivity contribution in [3.63, 3.8) is 0 Å². The van der Waals surface area contributed by atoms with Crippen LogP contribution < -0.4 is 16.0 Å². The third-order valence-electron chi connectivity index (χ3n) is 12.1. The van der Waals surface area contributed by atoms with Crippen LogP contribution in [0.4, 0.5) is 0 Å². The molecule has 50 heavy (non-hydrogen) atoms. The zero-order valence-corrected chi connectivity index (χ0v) is 29.3. The van der Waals surface area contributed by atoms with Gasteiger partial charge in [-0.2, -0.15) is 5.10 Å². The first-order valence-corrected chi connectivity index (χ1v) is 18.3. The van der Waals surface area contributed by atoms with Crippen molar-refractivity contribution in [1.82, 2.24) is 35.7 Å². The summed E-state index contributed by atoms with van der Waals surface area (Å²) in [6.07, 6.45) is 7.56. The molecule has 8 rings (SSSR count). The molecule has 4 aliphatic rings. The van der Waals surface area contributed by atoms with Gasteiger partial charge < -0.3 is 25.7 Å². The number of halogens is 1. The second kappa shape index (κ2) is 12.5. The third-order valence-corrected chi connectivity index (χ3v) is 12.5. The number of benzene rings is 2. The van der Waals surface area contributed by atoms with E-state index in [2.05, 4.69) is 33.0 Å². The Morgan fingerprint density at radius 1 is 1.08 bits per heavy atom. The third kappa shape index (κ3) is 5.49. The summed E-state index contributed by atoms with van der Waals surface area (Å²) >= 11 is 6.87. The fraction of sp³-hybridized carbons (Fsp3) is 0.500. The Balaban J connectivity index is 1.18. The average Bonchev–Trinajstić information content (AvgIpc) is 3.44. The van der Waals surface area contributed by atoms with Crippen LogP contribution in [-0.4, -0.2) is 63.3 Å². The molecule has 12 heteroatoms. The maximum Gasteiger partial charge on any atom is 0.270 e. The van der Waals surface area contributed by atoms with Gasteiger partial charge in [-0.25, -0.2) is 4.98 Å². The van der Waals surface area contributed by atoms with Crippen LogP contribution in [0.5, 0.6) is 0 Å². The Hall–Kier alpha value is -4.22. The van der Waals surface area contributed by atoms with Crippen molar-refractivity contribution in [3.8, 4) is 0 Å². The molecule has 4 heterocycles. The van der Waals surface area contributed by atoms with Gasteiger partial charge in [-0.05, 0) is 86.3 Å². The summed E-state index contributed by atoms with van der Waals surface area (Å²) in [6, 6.07) is 14.4. The summed E-state index contributed by atoms with van der Waals surface area (Å²) in [7, 11) is 0. The molecule has 2 aliphatic carbocycles. The SMILES string of the molecule is CCn1nccc1C(=O)N[C@H](c1nc2ccc(C3(C(=O)N[C@H]4C(=O)NCC45CCC5)CCOCC3)cc2[nH]1)[C@H](c1ccccc1Cl)C1(C)CC1. The highest BCUT2D eigenvalue weighted by molar-refractivity contribution is 6.31. The lowest BCUT2D eigenvalue weighted by molar-refractivity contribution is -0.136. The van der Waals surface area contributed by atoms with Gasteiger partial charge in [-0.3, -0.25) is 19.1 Å². The Bertz CT molecular complexity index is 1950. The first-order valence-electron chi connectivity index (χ1n) is 17.9. The van der Waals surface area contributed by atoms with E-state index in [4.69, 9.17) is 21.3 Å². The van der Waals surface area contributed by atoms with Crippen LogP contribution in [0.3, 0.4) is 0 Å². The smallest absolute Gasteiger partial charge is 0.270 e. The van der Waals surface area contributed by atoms with E-state index in [-0.39, 0.29) is 34.5 Å². The van der Waals surface area contributed by atoms with E-state index in [1.54, 1.807) is 16.9 Å². The molecule has 3 amide bonds. The van der Waals surface area contributed by atoms with E-state index in [0.29, 0.717) is 55.7 Å². The molecule has 4 aromatic rings. The summed E-state index contributed by atoms with van der Waals surface area (Å²) in [5.41, 5.74) is 2.63. The monoisotopic (exact) mass is 697 g/mol. The predicted octanol–water partition coefficient (Wildman–Crippen LogP) is 5.32. The number of amides is 3. The van der Waals surface area contributed by atoms with E-state index in [1.807, 2.05) is 49.4 Å². The van der Waals surface area contributed by atoms with Crippen LogP contribution in [-0.2, 0) is 26.3 Å². The topological polar surface area (TPSA) is 143 Å². The minimum absolute atomic E-state index is 0.0959. The molecule has 2 aromatic carbocycles. The molecule has 3 atom stereocenters. The van der Waals surface area contributed by atoms with Gasteiger partial charge in [-0.15, -0.1) is 0 Å². The Morgan fingerprint density at radius 2 is 1.86 bits per heavy atom. The fourth-order valence-electron chi connectivity index (χ4n) is 8.67. The largest absolute Gasteiger partial charge is 0.381 e. The van der Waals surface area contributed by atoms with Crippen molar-refractivity contribution < 1.29 is 19.1 Å². The number of carbonyl (C=O) groups excluding carboxylic acids is 3. The lowest BCUT2D eigenvalue weighted by atomic mass is 9.65. The molecule has 0 bridgehead atoms. The molecule has 4 N–H and O–H groups in total. The number of nitrogens with one attached hydrogen (secondary N) is 4. The molecule has 2 saturated heterocycles. The molecule has 0 unspecified atom stereocenters. The number of aromatic nitrogens is 4. The highest BCUT2D eigenvalue weighted by Crippen LogP contribution is 2.60. The molecule has 2 aromatic heterocycles. The molecule has 0 radical (unpaired) electrons. The molecule has 2 saturated carbocycles. The number of rotatable bonds is 10. The van der Waals surface area contributed by atoms with Gasteiger partial charge in [0.25, 0.3) is 5.91 Å². The van der Waals surface area contributed by atoms with Crippen LogP contribution in [0.25, 0.3) is 11.0 Å². The van der Waals surface area contributed by atoms with Crippen LogP contribution in [0.15, 0.2) is 54.7 Å². The number of fused-ring (bicyclic) bond motifs is 1. The van der Waals surface area contributed by atoms with E-state index >= 15 is 0 Å². The summed E-state index contributed by atoms with van der Waals surface area (Å²) in [5.74, 6) is -0.0177. The predicted molar refractivity (Wildman–Crippen MR) is 189 cm³/mol. The molecular formula is C38H44ClN7O4. The molecular weight excluding hydrogens is 654 g/mol. The van der Waals surface area contributed by atoms with Gasteiger partial charge in [0.05, 0.1) is 22.5 Å². The molecule has 11 nitrogen and oxygen atoms in total. The van der Waals surface area contributed by atoms with Crippen molar-refractivity contribution in [2.24, 2.45) is 10.8 Å². The zero-order chi connectivity index (χ0) is 34.7. The molecule has 2 aliphatic heterocycles. The lowest BCUT2D eigenvalue weighted by Gasteiger charge is -2.43. The maximum absolute atomic E-state index is 14.3. The number of H-pyrrole nitrogens is 1. The van der Waals surface area contributed by atoms with E-state index in [0.717, 1.165) is 54.3 Å². The number of imidazole rings is 1. The Morgan fingerprint density at radius 3 is 2.56 bits per heavy atom. The van der Waals surface area contributed by atoms with Gasteiger partial charge >= 0.3 is 0 Å². The maximum atomic E-state index is 14.3. The number of hydrogen-bond donors (Lipinski definition) is 4. The fourth-order valence-corrected chi connectivity index (χ4v) is 8.92. The summed E-state index contributed by atoms with van der Waals surface area (Å²) < 4.78 is 7.43. The molecule has 262 valence electrons. The molecule has 4 fully saturated rings. The van der Waals surface area contributed by atoms with Crippen LogP contribution in [0.2, 0.25) is 5.02 Å². The standard InChI is InChI=1S/C38H44ClN7O4/c1-3-46-28(11-18-41-46)33(47)44-30(29(36(2)14-15-36)24-7-4-5-8-25(24)39)32-42-26-10-9-23(21-27(26)43-32)38(16-19-50-20-17-38)35(49)45-31-34(48)40-22-37(31)12-6-13-37/h4-5,7-11,18,21,29-31H,3,6,12-17,19-20,22H2,1-2H3,(H,40,48)(H,42,43)(H,44,47)(H,45,49)/t29-,30-,31-/m0/s1. The van der Waals surface area contributed by atoms with Crippen molar-refractivity contribution in [2.75, 3.05) is 19.8 Å². The first-order chi connectivity index (χ1) is 24.2. The van der Waals surface area contributed by atoms with Gasteiger partial charge in [0.2, 0.25) is 11.8 Å². The first kappa shape index (κ1) is 33.0. The Kier molecular flexibility index (Phi) is 8.26. The van der Waals surface area contributed by atoms with E-state index in [9.17, 15) is 14.4 Å². The summed E-state index contributed by atoms with van der Waals surface area (Å²) in [6.45, 7) is 6.26. The molecule has 1 spiro atoms. The quantitative estimate of drug-likeness (QED) is 0.177. The van der Waals surface area contributed by atoms with Gasteiger partial charge in [-0.1, -0.05) is 49.2 Å². The van der Waals surface area contributed by atoms with Crippen molar-refractivity contribution in [2.45, 2.75) is 88.8 Å². The van der Waals surface area contributed by atoms with Gasteiger partial charge in [0.15, 0.2) is 0 Å². The van der Waals surface area contributed by atoms with Crippen molar-refractivity contribution in [3.05, 3.63) is 82.4 Å². The van der Waals surface area contributed by atoms with Gasteiger partial charge in [0, 0.05) is 48.9 Å². The lowest BCUT2D eigenvalue weighted by Crippen LogP contribution is -2.57. The van der Waals surface area contributed by atoms with Crippen LogP contribution in [0, 0.1) is 10.8 Å². The highest BCUT2D eigenvalue weighted by atomic mass is 35.5. The zero-order valence-electron chi connectivity index (χ0n) is 28.6. The highest BCUT2D eigenvalue weighted by Gasteiger charge is 2.55. The normalized spacial score (nSPS) is 22.8. The second-order valence-electron chi connectivity index (χ2n) is 15.0. The van der Waals surface area contributed by atoms with E-state index in [1.165, 1.54) is 0 Å². The Labute approximate surface area is 296 Å². The van der Waals surface area contributed by atoms with Crippen LogP contribution >= 0.6 is 11.6 Å². The number of aryl methyl sites for hydroxylation is 1. The number of ether oxygens (including phenoxy) is 1. The van der Waals surface area contributed by atoms with Crippen molar-refractivity contribution >= 4 is 40.4 Å². The number of carbonyl (C=O) groups is 3. The average molecular weight is 698 g/mol. The second-order valence-corrected chi connectivity index (χ2v) is 15.4. The number of nitrogens with zero attached hydrogens (tertiary/aromatic N) is 3. The van der Waals surface area contributed by atoms with Crippen molar-refractivity contribution in [1.29, 1.82) is 0 Å². The summed E-state index contributed by atoms with van der Waals surface area (Å²) in [4.78, 5) is 49.8. The van der Waals surface area contributed by atoms with Crippen LogP contribution in [0.1, 0.15) is 98.2 Å².